The van der Waals surface area contributed by atoms with E-state index in [-0.39, 0.29) is 11.2 Å². The van der Waals surface area contributed by atoms with Crippen molar-refractivity contribution in [1.82, 2.24) is 19.5 Å². The Morgan fingerprint density at radius 2 is 2.29 bits per heavy atom. The van der Waals surface area contributed by atoms with Crippen LogP contribution in [0.15, 0.2) is 15.9 Å². The Balaban J connectivity index is 2.16. The van der Waals surface area contributed by atoms with E-state index in [1.807, 2.05) is 0 Å². The zero-order valence-electron chi connectivity index (χ0n) is 11.0. The Morgan fingerprint density at radius 3 is 2.95 bits per heavy atom. The van der Waals surface area contributed by atoms with Gasteiger partial charge >= 0.3 is 5.69 Å². The minimum absolute atomic E-state index is 0.00268. The third-order valence-electron chi connectivity index (χ3n) is 3.53. The molecule has 2 aromatic rings. The maximum Gasteiger partial charge on any atom is 0.330 e. The molecule has 3 heterocycles. The number of hydrogen-bond donors (Lipinski definition) is 4. The van der Waals surface area contributed by atoms with E-state index >= 15 is 0 Å². The lowest BCUT2D eigenvalue weighted by Crippen LogP contribution is -2.36. The first-order valence-corrected chi connectivity index (χ1v) is 6.23. The second-order valence-corrected chi connectivity index (χ2v) is 4.67. The summed E-state index contributed by atoms with van der Waals surface area (Å²) in [6, 6.07) is 0. The molecule has 3 rings (SSSR count). The summed E-state index contributed by atoms with van der Waals surface area (Å²) in [7, 11) is 1.35. The molecule has 10 nitrogen and oxygen atoms in total. The number of methoxy groups -OCH3 is 1. The van der Waals surface area contributed by atoms with Gasteiger partial charge in [-0.3, -0.25) is 9.78 Å². The van der Waals surface area contributed by atoms with Crippen molar-refractivity contribution < 1.29 is 19.7 Å². The Labute approximate surface area is 117 Å². The fourth-order valence-electron chi connectivity index (χ4n) is 2.52. The summed E-state index contributed by atoms with van der Waals surface area (Å²) in [5, 5.41) is 19.2. The number of aromatic nitrogens is 4. The van der Waals surface area contributed by atoms with Gasteiger partial charge < -0.3 is 24.7 Å². The molecule has 0 amide bonds. The molecule has 21 heavy (non-hydrogen) atoms. The van der Waals surface area contributed by atoms with Crippen LogP contribution in [0.4, 0.5) is 0 Å². The summed E-state index contributed by atoms with van der Waals surface area (Å²) >= 11 is 0. The van der Waals surface area contributed by atoms with Crippen molar-refractivity contribution in [3.05, 3.63) is 27.2 Å². The summed E-state index contributed by atoms with van der Waals surface area (Å²) in [4.78, 5) is 32.4. The molecular formula is C11H14N4O6. The number of ether oxygens (including phenoxy) is 2. The van der Waals surface area contributed by atoms with Crippen LogP contribution in [0.25, 0.3) is 11.2 Å². The molecule has 114 valence electrons. The third kappa shape index (κ3) is 2.00. The number of imidazole rings is 1. The lowest BCUT2D eigenvalue weighted by atomic mass is 10.1. The number of fused-ring (bicyclic) bond motifs is 1. The van der Waals surface area contributed by atoms with Crippen LogP contribution in [-0.4, -0.2) is 61.8 Å². The van der Waals surface area contributed by atoms with Crippen LogP contribution in [0.3, 0.4) is 0 Å². The summed E-state index contributed by atoms with van der Waals surface area (Å²) in [5.41, 5.74) is -1.03. The molecule has 0 unspecified atom stereocenters. The highest BCUT2D eigenvalue weighted by Crippen LogP contribution is 2.31. The average molecular weight is 298 g/mol. The Kier molecular flexibility index (Phi) is 3.37. The molecule has 0 radical (unpaired) electrons. The van der Waals surface area contributed by atoms with Crippen LogP contribution in [-0.2, 0) is 9.47 Å². The van der Waals surface area contributed by atoms with Crippen molar-refractivity contribution in [1.29, 1.82) is 0 Å². The van der Waals surface area contributed by atoms with E-state index in [1.54, 1.807) is 0 Å². The van der Waals surface area contributed by atoms with Gasteiger partial charge in [0.05, 0.1) is 12.9 Å². The Hall–Kier alpha value is -2.01. The molecule has 1 fully saturated rings. The first kappa shape index (κ1) is 13.9. The highest BCUT2D eigenvalue weighted by atomic mass is 16.6. The molecular weight excluding hydrogens is 284 g/mol. The molecule has 4 N–H and O–H groups in total. The van der Waals surface area contributed by atoms with Gasteiger partial charge in [0.2, 0.25) is 0 Å². The standard InChI is InChI=1S/C11H14N4O6/c1-20-7-6(17)4(2-16)21-10(7)15-8-5(14-11(15)19)9(18)13-3-12-8/h3-4,6-7,10,16-17H,2H2,1H3,(H,14,19)(H,12,13,18)/t4-,6-,7-,10-/m1/s1. The van der Waals surface area contributed by atoms with Gasteiger partial charge in [0.1, 0.15) is 18.3 Å². The predicted molar refractivity (Wildman–Crippen MR) is 68.8 cm³/mol. The summed E-state index contributed by atoms with van der Waals surface area (Å²) in [6.45, 7) is -0.428. The minimum Gasteiger partial charge on any atom is -0.394 e. The van der Waals surface area contributed by atoms with Crippen molar-refractivity contribution in [3.63, 3.8) is 0 Å². The number of aliphatic hydroxyl groups excluding tert-OH is 2. The van der Waals surface area contributed by atoms with Crippen molar-refractivity contribution in [2.45, 2.75) is 24.5 Å². The van der Waals surface area contributed by atoms with Crippen molar-refractivity contribution >= 4 is 11.2 Å². The third-order valence-corrected chi connectivity index (χ3v) is 3.53. The van der Waals surface area contributed by atoms with Crippen LogP contribution in [0.2, 0.25) is 0 Å². The number of H-pyrrole nitrogens is 2. The van der Waals surface area contributed by atoms with Gasteiger partial charge in [-0.2, -0.15) is 0 Å². The monoisotopic (exact) mass is 298 g/mol. The van der Waals surface area contributed by atoms with E-state index in [4.69, 9.17) is 9.47 Å². The molecule has 2 aromatic heterocycles. The molecule has 1 aliphatic rings. The molecule has 4 atom stereocenters. The predicted octanol–water partition coefficient (Wildman–Crippen LogP) is -2.32. The Bertz CT molecular complexity index is 764. The topological polar surface area (TPSA) is 142 Å². The number of hydrogen-bond acceptors (Lipinski definition) is 7. The summed E-state index contributed by atoms with van der Waals surface area (Å²) in [5.74, 6) is 0. The molecule has 1 saturated heterocycles. The molecule has 0 spiro atoms. The van der Waals surface area contributed by atoms with Crippen LogP contribution < -0.4 is 11.2 Å². The maximum atomic E-state index is 12.1. The minimum atomic E-state index is -1.11. The van der Waals surface area contributed by atoms with E-state index in [9.17, 15) is 19.8 Å². The van der Waals surface area contributed by atoms with Gasteiger partial charge in [0.25, 0.3) is 5.56 Å². The van der Waals surface area contributed by atoms with Gasteiger partial charge in [-0.1, -0.05) is 0 Å². The molecule has 0 aromatic carbocycles. The second kappa shape index (κ2) is 5.07. The normalized spacial score (nSPS) is 29.3. The van der Waals surface area contributed by atoms with Crippen LogP contribution in [0.1, 0.15) is 6.23 Å². The van der Waals surface area contributed by atoms with Crippen LogP contribution in [0, 0.1) is 0 Å². The Morgan fingerprint density at radius 1 is 1.52 bits per heavy atom. The van der Waals surface area contributed by atoms with Gasteiger partial charge in [-0.05, 0) is 0 Å². The summed E-state index contributed by atoms with van der Waals surface area (Å²) < 4.78 is 11.7. The lowest BCUT2D eigenvalue weighted by molar-refractivity contribution is -0.0598. The fourth-order valence-corrected chi connectivity index (χ4v) is 2.52. The van der Waals surface area contributed by atoms with E-state index < -0.39 is 42.4 Å². The van der Waals surface area contributed by atoms with Crippen molar-refractivity contribution in [2.75, 3.05) is 13.7 Å². The van der Waals surface area contributed by atoms with Crippen LogP contribution >= 0.6 is 0 Å². The number of aliphatic hydroxyl groups is 2. The molecule has 0 bridgehead atoms. The van der Waals surface area contributed by atoms with E-state index in [2.05, 4.69) is 15.0 Å². The van der Waals surface area contributed by atoms with Crippen molar-refractivity contribution in [3.8, 4) is 0 Å². The SMILES string of the molecule is CO[C@@H]1[C@H](O)[C@@H](CO)O[C@H]1n1c(=O)[nH]c2c(=O)[nH]cnc21. The van der Waals surface area contributed by atoms with E-state index in [0.717, 1.165) is 10.9 Å². The highest BCUT2D eigenvalue weighted by Gasteiger charge is 2.46. The van der Waals surface area contributed by atoms with Gasteiger partial charge in [-0.25, -0.2) is 14.3 Å². The summed E-state index contributed by atoms with van der Waals surface area (Å²) in [6.07, 6.45) is -2.72. The zero-order chi connectivity index (χ0) is 15.1. The van der Waals surface area contributed by atoms with E-state index in [0.29, 0.717) is 0 Å². The molecule has 0 aliphatic carbocycles. The fraction of sp³-hybridized carbons (Fsp3) is 0.545. The smallest absolute Gasteiger partial charge is 0.330 e. The number of nitrogens with zero attached hydrogens (tertiary/aromatic N) is 2. The first-order chi connectivity index (χ1) is 10.1. The molecule has 0 saturated carbocycles. The quantitative estimate of drug-likeness (QED) is 0.498. The van der Waals surface area contributed by atoms with Crippen LogP contribution in [0.5, 0.6) is 0 Å². The molecule has 1 aliphatic heterocycles. The maximum absolute atomic E-state index is 12.1. The van der Waals surface area contributed by atoms with Crippen molar-refractivity contribution in [2.24, 2.45) is 0 Å². The van der Waals surface area contributed by atoms with Gasteiger partial charge in [0.15, 0.2) is 17.4 Å². The number of rotatable bonds is 3. The number of nitrogens with one attached hydrogen (secondary N) is 2. The zero-order valence-corrected chi connectivity index (χ0v) is 11.0. The van der Waals surface area contributed by atoms with Gasteiger partial charge in [-0.15, -0.1) is 0 Å². The second-order valence-electron chi connectivity index (χ2n) is 4.67. The van der Waals surface area contributed by atoms with Gasteiger partial charge in [0, 0.05) is 7.11 Å². The lowest BCUT2D eigenvalue weighted by Gasteiger charge is -2.19. The molecule has 10 heteroatoms. The first-order valence-electron chi connectivity index (χ1n) is 6.23. The average Bonchev–Trinajstić information content (AvgIpc) is 2.96. The number of aromatic amines is 2. The highest BCUT2D eigenvalue weighted by molar-refractivity contribution is 5.68. The van der Waals surface area contributed by atoms with E-state index in [1.165, 1.54) is 7.11 Å². The largest absolute Gasteiger partial charge is 0.394 e.